The molecule has 9 heteroatoms. The van der Waals surface area contributed by atoms with E-state index in [0.29, 0.717) is 36.1 Å². The number of piperidine rings is 1. The maximum absolute atomic E-state index is 13.9. The van der Waals surface area contributed by atoms with E-state index in [1.165, 1.54) is 0 Å². The van der Waals surface area contributed by atoms with Gasteiger partial charge in [-0.05, 0) is 61.4 Å². The highest BCUT2D eigenvalue weighted by Crippen LogP contribution is 2.37. The molecule has 0 bridgehead atoms. The van der Waals surface area contributed by atoms with Gasteiger partial charge in [-0.25, -0.2) is 18.7 Å². The standard InChI is InChI=1S/C24H26F2N6O/c25-24(26)6-10-32(15-24)22-13-19(17-4-8-31(9-5-17)23(33)18-1-2-18)12-21(30-22)29-20-11-16(14-27)3-7-28-20/h3,7,11-13,17-18H,1-2,4-6,8-10,15H2,(H,28,29,30). The summed E-state index contributed by atoms with van der Waals surface area (Å²) in [6.45, 7) is 1.33. The number of likely N-dealkylation sites (tertiary alicyclic amines) is 1. The van der Waals surface area contributed by atoms with Crippen LogP contribution in [0.3, 0.4) is 0 Å². The molecule has 1 amide bonds. The molecular weight excluding hydrogens is 426 g/mol. The molecule has 33 heavy (non-hydrogen) atoms. The Labute approximate surface area is 191 Å². The Morgan fingerprint density at radius 3 is 2.58 bits per heavy atom. The van der Waals surface area contributed by atoms with Crippen LogP contribution in [0.25, 0.3) is 0 Å². The number of hydrogen-bond donors (Lipinski definition) is 1. The fraction of sp³-hybridized carbons (Fsp3) is 0.500. The molecule has 7 nitrogen and oxygen atoms in total. The number of amides is 1. The summed E-state index contributed by atoms with van der Waals surface area (Å²) in [6, 6.07) is 9.17. The predicted octanol–water partition coefficient (Wildman–Crippen LogP) is 4.05. The number of aromatic nitrogens is 2. The van der Waals surface area contributed by atoms with Crippen LogP contribution in [-0.2, 0) is 4.79 Å². The number of nitrogens with one attached hydrogen (secondary N) is 1. The zero-order valence-electron chi connectivity index (χ0n) is 18.3. The lowest BCUT2D eigenvalue weighted by atomic mass is 9.89. The largest absolute Gasteiger partial charge is 0.350 e. The summed E-state index contributed by atoms with van der Waals surface area (Å²) >= 11 is 0. The smallest absolute Gasteiger partial charge is 0.266 e. The number of hydrogen-bond acceptors (Lipinski definition) is 6. The van der Waals surface area contributed by atoms with Gasteiger partial charge in [0.2, 0.25) is 5.91 Å². The fourth-order valence-electron chi connectivity index (χ4n) is 4.65. The number of anilines is 3. The highest BCUT2D eigenvalue weighted by Gasteiger charge is 2.39. The highest BCUT2D eigenvalue weighted by molar-refractivity contribution is 5.81. The van der Waals surface area contributed by atoms with Crippen LogP contribution in [0.1, 0.15) is 49.1 Å². The number of nitrogens with zero attached hydrogens (tertiary/aromatic N) is 5. The van der Waals surface area contributed by atoms with E-state index in [1.54, 1.807) is 23.2 Å². The van der Waals surface area contributed by atoms with Gasteiger partial charge in [0.1, 0.15) is 17.5 Å². The third kappa shape index (κ3) is 4.90. The quantitative estimate of drug-likeness (QED) is 0.737. The van der Waals surface area contributed by atoms with E-state index in [2.05, 4.69) is 21.4 Å². The second kappa shape index (κ2) is 8.58. The Balaban J connectivity index is 1.39. The zero-order valence-corrected chi connectivity index (χ0v) is 18.3. The van der Waals surface area contributed by atoms with E-state index >= 15 is 0 Å². The third-order valence-electron chi connectivity index (χ3n) is 6.68. The first-order chi connectivity index (χ1) is 15.9. The molecule has 2 saturated heterocycles. The minimum Gasteiger partial charge on any atom is -0.350 e. The van der Waals surface area contributed by atoms with Gasteiger partial charge in [-0.2, -0.15) is 5.26 Å². The van der Waals surface area contributed by atoms with Gasteiger partial charge in [-0.15, -0.1) is 0 Å². The van der Waals surface area contributed by atoms with Crippen LogP contribution in [-0.4, -0.2) is 52.9 Å². The Kier molecular flexibility index (Phi) is 5.60. The molecule has 2 aromatic heterocycles. The Morgan fingerprint density at radius 2 is 1.91 bits per heavy atom. The van der Waals surface area contributed by atoms with E-state index in [4.69, 9.17) is 5.26 Å². The molecule has 0 aromatic carbocycles. The molecule has 3 aliphatic rings. The first-order valence-electron chi connectivity index (χ1n) is 11.5. The van der Waals surface area contributed by atoms with E-state index in [-0.39, 0.29) is 37.3 Å². The van der Waals surface area contributed by atoms with E-state index in [1.807, 2.05) is 17.0 Å². The molecule has 1 aliphatic carbocycles. The van der Waals surface area contributed by atoms with Gasteiger partial charge in [0.05, 0.1) is 18.2 Å². The van der Waals surface area contributed by atoms with E-state index < -0.39 is 5.92 Å². The van der Waals surface area contributed by atoms with E-state index in [9.17, 15) is 13.6 Å². The molecule has 1 saturated carbocycles. The van der Waals surface area contributed by atoms with Crippen LogP contribution in [0.4, 0.5) is 26.2 Å². The number of carbonyl (C=O) groups is 1. The van der Waals surface area contributed by atoms with Gasteiger partial charge in [0.25, 0.3) is 5.92 Å². The zero-order chi connectivity index (χ0) is 23.0. The lowest BCUT2D eigenvalue weighted by molar-refractivity contribution is -0.133. The lowest BCUT2D eigenvalue weighted by Gasteiger charge is -2.33. The first-order valence-corrected chi connectivity index (χ1v) is 11.5. The molecule has 0 unspecified atom stereocenters. The van der Waals surface area contributed by atoms with Crippen molar-refractivity contribution in [3.8, 4) is 6.07 Å². The van der Waals surface area contributed by atoms with Crippen molar-refractivity contribution in [2.45, 2.75) is 43.9 Å². The minimum atomic E-state index is -2.72. The first kappa shape index (κ1) is 21.6. The number of alkyl halides is 2. The van der Waals surface area contributed by atoms with Gasteiger partial charge >= 0.3 is 0 Å². The summed E-state index contributed by atoms with van der Waals surface area (Å²) in [4.78, 5) is 24.8. The summed E-state index contributed by atoms with van der Waals surface area (Å²) in [7, 11) is 0. The van der Waals surface area contributed by atoms with Crippen LogP contribution in [0, 0.1) is 17.2 Å². The van der Waals surface area contributed by atoms with Gasteiger partial charge in [-0.3, -0.25) is 4.79 Å². The molecule has 0 radical (unpaired) electrons. The second-order valence-corrected chi connectivity index (χ2v) is 9.21. The van der Waals surface area contributed by atoms with E-state index in [0.717, 1.165) is 31.2 Å². The van der Waals surface area contributed by atoms with Crippen LogP contribution < -0.4 is 10.2 Å². The van der Waals surface area contributed by atoms with Gasteiger partial charge < -0.3 is 15.1 Å². The Morgan fingerprint density at radius 1 is 1.12 bits per heavy atom. The summed E-state index contributed by atoms with van der Waals surface area (Å²) in [5, 5.41) is 12.3. The maximum Gasteiger partial charge on any atom is 0.266 e. The molecule has 5 rings (SSSR count). The van der Waals surface area contributed by atoms with Crippen molar-refractivity contribution in [3.63, 3.8) is 0 Å². The number of carbonyl (C=O) groups excluding carboxylic acids is 1. The van der Waals surface area contributed by atoms with Crippen molar-refractivity contribution >= 4 is 23.4 Å². The van der Waals surface area contributed by atoms with Crippen LogP contribution in [0.15, 0.2) is 30.5 Å². The predicted molar refractivity (Wildman–Crippen MR) is 120 cm³/mol. The van der Waals surface area contributed by atoms with Gasteiger partial charge in [0, 0.05) is 38.2 Å². The van der Waals surface area contributed by atoms with Crippen molar-refractivity contribution < 1.29 is 13.6 Å². The molecule has 1 N–H and O–H groups in total. The van der Waals surface area contributed by atoms with Gasteiger partial charge in [0.15, 0.2) is 0 Å². The average Bonchev–Trinajstić information content (AvgIpc) is 3.61. The number of pyridine rings is 2. The molecule has 0 spiro atoms. The third-order valence-corrected chi connectivity index (χ3v) is 6.68. The molecule has 172 valence electrons. The average molecular weight is 453 g/mol. The molecule has 0 atom stereocenters. The number of halogens is 2. The van der Waals surface area contributed by atoms with Crippen molar-refractivity contribution in [3.05, 3.63) is 41.6 Å². The van der Waals surface area contributed by atoms with Crippen molar-refractivity contribution in [1.82, 2.24) is 14.9 Å². The summed E-state index contributed by atoms with van der Waals surface area (Å²) in [5.41, 5.74) is 1.49. The van der Waals surface area contributed by atoms with Crippen molar-refractivity contribution in [1.29, 1.82) is 5.26 Å². The lowest BCUT2D eigenvalue weighted by Crippen LogP contribution is -2.38. The Hall–Kier alpha value is -3.28. The van der Waals surface area contributed by atoms with Crippen LogP contribution in [0.5, 0.6) is 0 Å². The normalized spacial score (nSPS) is 20.5. The summed E-state index contributed by atoms with van der Waals surface area (Å²) < 4.78 is 27.8. The summed E-state index contributed by atoms with van der Waals surface area (Å²) in [6.07, 6.45) is 5.03. The second-order valence-electron chi connectivity index (χ2n) is 9.21. The fourth-order valence-corrected chi connectivity index (χ4v) is 4.65. The topological polar surface area (TPSA) is 85.2 Å². The van der Waals surface area contributed by atoms with Crippen LogP contribution >= 0.6 is 0 Å². The summed E-state index contributed by atoms with van der Waals surface area (Å²) in [5.74, 6) is -0.509. The van der Waals surface area contributed by atoms with Gasteiger partial charge in [-0.1, -0.05) is 0 Å². The monoisotopic (exact) mass is 452 g/mol. The SMILES string of the molecule is N#Cc1ccnc(Nc2cc(C3CCN(C(=O)C4CC4)CC3)cc(N3CCC(F)(F)C3)n2)c1. The molecule has 4 heterocycles. The molecular formula is C24H26F2N6O. The minimum absolute atomic E-state index is 0.185. The molecule has 2 aliphatic heterocycles. The maximum atomic E-state index is 13.9. The molecule has 3 fully saturated rings. The number of rotatable bonds is 5. The Bertz CT molecular complexity index is 1090. The van der Waals surface area contributed by atoms with Crippen molar-refractivity contribution in [2.24, 2.45) is 5.92 Å². The molecule has 2 aromatic rings. The number of nitriles is 1. The van der Waals surface area contributed by atoms with Crippen LogP contribution in [0.2, 0.25) is 0 Å². The van der Waals surface area contributed by atoms with Crippen molar-refractivity contribution in [2.75, 3.05) is 36.4 Å². The highest BCUT2D eigenvalue weighted by atomic mass is 19.3.